The second-order valence-corrected chi connectivity index (χ2v) is 15.0. The molecule has 0 unspecified atom stereocenters. The molecule has 0 bridgehead atoms. The topological polar surface area (TPSA) is 142 Å². The van der Waals surface area contributed by atoms with Crippen molar-refractivity contribution in [2.45, 2.75) is 52.4 Å². The first-order valence-corrected chi connectivity index (χ1v) is 18.4. The highest BCUT2D eigenvalue weighted by Crippen LogP contribution is 2.36. The Labute approximate surface area is 295 Å². The molecule has 6 rings (SSSR count). The lowest BCUT2D eigenvalue weighted by Gasteiger charge is -2.41. The summed E-state index contributed by atoms with van der Waals surface area (Å²) in [7, 11) is -0.637. The van der Waals surface area contributed by atoms with Crippen LogP contribution in [-0.2, 0) is 27.9 Å². The molecule has 1 N–H and O–H groups in total. The first-order chi connectivity index (χ1) is 24.2. The molecule has 2 fully saturated rings. The molecule has 4 heterocycles. The van der Waals surface area contributed by atoms with Gasteiger partial charge in [-0.25, -0.2) is 18.3 Å². The number of benzene rings is 2. The molecule has 13 nitrogen and oxygen atoms in total. The number of fused-ring (bicyclic) bond motifs is 3. The van der Waals surface area contributed by atoms with Gasteiger partial charge in [0.2, 0.25) is 0 Å². The molecule has 3 aliphatic heterocycles. The lowest BCUT2D eigenvalue weighted by atomic mass is 9.92. The van der Waals surface area contributed by atoms with Crippen LogP contribution in [0.4, 0.5) is 14.5 Å². The van der Waals surface area contributed by atoms with Crippen molar-refractivity contribution in [3.63, 3.8) is 0 Å². The molecule has 0 aliphatic carbocycles. The maximum atomic E-state index is 15.6. The highest BCUT2D eigenvalue weighted by atomic mass is 32.2. The van der Waals surface area contributed by atoms with Crippen molar-refractivity contribution in [2.24, 2.45) is 0 Å². The molecule has 3 aromatic rings. The fourth-order valence-electron chi connectivity index (χ4n) is 7.27. The van der Waals surface area contributed by atoms with Crippen LogP contribution in [0.3, 0.4) is 0 Å². The van der Waals surface area contributed by atoms with Gasteiger partial charge in [-0.2, -0.15) is 12.7 Å². The van der Waals surface area contributed by atoms with E-state index in [-0.39, 0.29) is 44.5 Å². The molecule has 0 spiro atoms. The van der Waals surface area contributed by atoms with Crippen LogP contribution in [0.5, 0.6) is 5.75 Å². The van der Waals surface area contributed by atoms with Crippen LogP contribution in [0.2, 0.25) is 0 Å². The minimum Gasteiger partial charge on any atom is -0.493 e. The number of aryl methyl sites for hydroxylation is 2. The molecule has 276 valence electrons. The van der Waals surface area contributed by atoms with Gasteiger partial charge in [0.1, 0.15) is 23.3 Å². The second kappa shape index (κ2) is 14.5. The Morgan fingerprint density at radius 1 is 1.06 bits per heavy atom. The molecule has 2 saturated heterocycles. The number of nitrogens with zero attached hydrogens (tertiary/aromatic N) is 4. The summed E-state index contributed by atoms with van der Waals surface area (Å²) in [5.41, 5.74) is 2.94. The Bertz CT molecular complexity index is 2040. The van der Waals surface area contributed by atoms with E-state index in [1.165, 1.54) is 4.90 Å². The van der Waals surface area contributed by atoms with E-state index in [1.807, 2.05) is 18.6 Å². The van der Waals surface area contributed by atoms with E-state index in [0.29, 0.717) is 24.2 Å². The average Bonchev–Trinajstić information content (AvgIpc) is 3.55. The van der Waals surface area contributed by atoms with Crippen molar-refractivity contribution in [1.29, 1.82) is 0 Å². The summed E-state index contributed by atoms with van der Waals surface area (Å²) in [6.07, 6.45) is -1.04. The monoisotopic (exact) mass is 731 g/mol. The SMILES string of the molecule is CCOc1cc(C(=O)N2CCc3c(c(=O)oc4c(C)c(N5CCN(C)[C@@H](COC)C5)cc(C)c34)C2)c(F)cc1C(=O)NS(=O)(=O)N1CC[C@@H](F)C1. The highest BCUT2D eigenvalue weighted by molar-refractivity contribution is 7.87. The van der Waals surface area contributed by atoms with Gasteiger partial charge in [-0.1, -0.05) is 0 Å². The third-order valence-corrected chi connectivity index (χ3v) is 11.5. The van der Waals surface area contributed by atoms with Gasteiger partial charge < -0.3 is 23.7 Å². The minimum atomic E-state index is -4.40. The summed E-state index contributed by atoms with van der Waals surface area (Å²) in [6.45, 7) is 8.11. The zero-order valence-electron chi connectivity index (χ0n) is 29.4. The minimum absolute atomic E-state index is 0.00298. The first-order valence-electron chi connectivity index (χ1n) is 17.0. The van der Waals surface area contributed by atoms with Crippen LogP contribution in [-0.4, -0.2) is 113 Å². The molecule has 2 atom stereocenters. The Morgan fingerprint density at radius 2 is 1.82 bits per heavy atom. The molecule has 0 radical (unpaired) electrons. The van der Waals surface area contributed by atoms with Crippen molar-refractivity contribution in [2.75, 3.05) is 71.5 Å². The zero-order valence-corrected chi connectivity index (χ0v) is 30.2. The molecular weight excluding hydrogens is 688 g/mol. The Hall–Kier alpha value is -4.12. The number of rotatable bonds is 9. The Morgan fingerprint density at radius 3 is 2.51 bits per heavy atom. The maximum absolute atomic E-state index is 15.6. The summed E-state index contributed by atoms with van der Waals surface area (Å²) >= 11 is 0. The van der Waals surface area contributed by atoms with Gasteiger partial charge in [0, 0.05) is 63.0 Å². The normalized spacial score (nSPS) is 20.1. The fraction of sp³-hybridized carbons (Fsp3) is 0.514. The number of alkyl halides is 1. The number of hydrogen-bond donors (Lipinski definition) is 1. The lowest BCUT2D eigenvalue weighted by Crippen LogP contribution is -2.53. The van der Waals surface area contributed by atoms with Gasteiger partial charge in [0.05, 0.1) is 42.5 Å². The molecule has 0 saturated carbocycles. The molecule has 1 aromatic heterocycles. The first kappa shape index (κ1) is 36.7. The van der Waals surface area contributed by atoms with E-state index in [0.717, 1.165) is 63.8 Å². The summed E-state index contributed by atoms with van der Waals surface area (Å²) in [4.78, 5) is 46.2. The largest absolute Gasteiger partial charge is 0.493 e. The number of piperazine rings is 1. The van der Waals surface area contributed by atoms with Crippen LogP contribution in [0.1, 0.15) is 56.3 Å². The molecule has 3 aliphatic rings. The third-order valence-electron chi connectivity index (χ3n) is 10.1. The van der Waals surface area contributed by atoms with Gasteiger partial charge in [-0.05, 0) is 70.0 Å². The van der Waals surface area contributed by atoms with Gasteiger partial charge in [-0.15, -0.1) is 0 Å². The second-order valence-electron chi connectivity index (χ2n) is 13.3. The number of anilines is 1. The van der Waals surface area contributed by atoms with Crippen molar-refractivity contribution in [3.05, 3.63) is 67.8 Å². The third kappa shape index (κ3) is 7.06. The molecule has 51 heavy (non-hydrogen) atoms. The number of carbonyl (C=O) groups is 2. The Balaban J connectivity index is 1.26. The van der Waals surface area contributed by atoms with Gasteiger partial charge >= 0.3 is 15.8 Å². The standard InChI is InChI=1S/C35H43F2N5O8S/c1-6-49-30-15-25(28(37)14-26(30)33(43)38-51(46,47)42-10-7-22(36)16-42)34(44)41-9-8-24-27(18-41)35(45)50-32-21(3)29(13-20(2)31(24)32)40-12-11-39(4)23(17-40)19-48-5/h13-15,22-23H,6-12,16-19H2,1-5H3,(H,38,43)/t22-,23-/m1/s1. The summed E-state index contributed by atoms with van der Waals surface area (Å²) < 4.78 is 74.1. The molecule has 16 heteroatoms. The van der Waals surface area contributed by atoms with Crippen LogP contribution in [0, 0.1) is 19.7 Å². The van der Waals surface area contributed by atoms with E-state index in [9.17, 15) is 27.2 Å². The number of methoxy groups -OCH3 is 1. The molecule has 2 aromatic carbocycles. The summed E-state index contributed by atoms with van der Waals surface area (Å²) in [5.74, 6) is -3.22. The summed E-state index contributed by atoms with van der Waals surface area (Å²) in [5, 5.41) is 0.826. The Kier molecular flexibility index (Phi) is 10.4. The van der Waals surface area contributed by atoms with Crippen LogP contribution in [0.25, 0.3) is 11.0 Å². The predicted molar refractivity (Wildman–Crippen MR) is 186 cm³/mol. The van der Waals surface area contributed by atoms with Gasteiger partial charge in [0.15, 0.2) is 0 Å². The number of nitrogens with one attached hydrogen (secondary N) is 1. The van der Waals surface area contributed by atoms with Crippen LogP contribution in [0.15, 0.2) is 27.4 Å². The number of carbonyl (C=O) groups excluding carboxylic acids is 2. The number of hydrogen-bond acceptors (Lipinski definition) is 10. The molecule has 2 amide bonds. The van der Waals surface area contributed by atoms with Gasteiger partial charge in [-0.3, -0.25) is 14.5 Å². The van der Waals surface area contributed by atoms with Crippen molar-refractivity contribution in [1.82, 2.24) is 18.8 Å². The number of likely N-dealkylation sites (N-methyl/N-ethyl adjacent to an activating group) is 1. The van der Waals surface area contributed by atoms with E-state index >= 15 is 4.39 Å². The fourth-order valence-corrected chi connectivity index (χ4v) is 8.45. The van der Waals surface area contributed by atoms with Crippen LogP contribution >= 0.6 is 0 Å². The van der Waals surface area contributed by atoms with Gasteiger partial charge in [0.25, 0.3) is 11.8 Å². The van der Waals surface area contributed by atoms with Crippen LogP contribution < -0.4 is 20.0 Å². The van der Waals surface area contributed by atoms with Crippen molar-refractivity contribution < 1.29 is 40.7 Å². The van der Waals surface area contributed by atoms with E-state index < -0.39 is 57.3 Å². The zero-order chi connectivity index (χ0) is 36.8. The smallest absolute Gasteiger partial charge is 0.341 e. The van der Waals surface area contributed by atoms with E-state index in [2.05, 4.69) is 22.9 Å². The highest BCUT2D eigenvalue weighted by Gasteiger charge is 2.35. The molecular formula is C35H43F2N5O8S. The number of halogens is 2. The maximum Gasteiger partial charge on any atom is 0.341 e. The van der Waals surface area contributed by atoms with Crippen molar-refractivity contribution >= 4 is 38.7 Å². The predicted octanol–water partition coefficient (Wildman–Crippen LogP) is 2.93. The quantitative estimate of drug-likeness (QED) is 0.327. The van der Waals surface area contributed by atoms with E-state index in [1.54, 1.807) is 14.0 Å². The lowest BCUT2D eigenvalue weighted by molar-refractivity contribution is 0.0726. The average molecular weight is 732 g/mol. The summed E-state index contributed by atoms with van der Waals surface area (Å²) in [6, 6.07) is 4.12. The van der Waals surface area contributed by atoms with Crippen molar-refractivity contribution in [3.8, 4) is 5.75 Å². The number of ether oxygens (including phenoxy) is 2. The van der Waals surface area contributed by atoms with E-state index in [4.69, 9.17) is 13.9 Å². The number of amides is 2.